The van der Waals surface area contributed by atoms with Crippen molar-refractivity contribution in [2.45, 2.75) is 44.2 Å². The number of amides is 1. The highest BCUT2D eigenvalue weighted by molar-refractivity contribution is 5.85. The maximum Gasteiger partial charge on any atom is 0.242 e. The van der Waals surface area contributed by atoms with Crippen molar-refractivity contribution < 1.29 is 4.79 Å². The molecule has 110 valence electrons. The zero-order valence-corrected chi connectivity index (χ0v) is 12.2. The summed E-state index contributed by atoms with van der Waals surface area (Å²) in [6.07, 6.45) is 4.20. The van der Waals surface area contributed by atoms with Crippen molar-refractivity contribution in [2.75, 3.05) is 13.1 Å². The number of nitrogens with zero attached hydrogens (tertiary/aromatic N) is 1. The van der Waals surface area contributed by atoms with Crippen LogP contribution in [0.25, 0.3) is 0 Å². The monoisotopic (exact) mass is 275 g/mol. The van der Waals surface area contributed by atoms with E-state index in [4.69, 9.17) is 11.5 Å². The van der Waals surface area contributed by atoms with Gasteiger partial charge in [-0.3, -0.25) is 4.79 Å². The van der Waals surface area contributed by atoms with E-state index in [1.165, 1.54) is 12.8 Å². The van der Waals surface area contributed by atoms with Crippen LogP contribution >= 0.6 is 0 Å². The molecule has 1 fully saturated rings. The molecule has 0 spiro atoms. The van der Waals surface area contributed by atoms with E-state index in [1.54, 1.807) is 0 Å². The number of benzene rings is 1. The van der Waals surface area contributed by atoms with Crippen molar-refractivity contribution >= 4 is 5.91 Å². The van der Waals surface area contributed by atoms with Crippen molar-refractivity contribution in [2.24, 2.45) is 11.5 Å². The van der Waals surface area contributed by atoms with Gasteiger partial charge in [-0.25, -0.2) is 0 Å². The molecule has 2 rings (SSSR count). The molecule has 1 aliphatic rings. The predicted molar refractivity (Wildman–Crippen MR) is 81.0 cm³/mol. The Balaban J connectivity index is 2.08. The fourth-order valence-corrected chi connectivity index (χ4v) is 3.12. The summed E-state index contributed by atoms with van der Waals surface area (Å²) in [6, 6.07) is 10.1. The third-order valence-electron chi connectivity index (χ3n) is 4.49. The number of carbonyl (C=O) groups excluding carboxylic acids is 1. The zero-order valence-electron chi connectivity index (χ0n) is 12.2. The highest BCUT2D eigenvalue weighted by atomic mass is 16.1. The van der Waals surface area contributed by atoms with Gasteiger partial charge in [0.2, 0.25) is 5.91 Å². The number of hydrogen-bond acceptors (Lipinski definition) is 3. The van der Waals surface area contributed by atoms with Gasteiger partial charge in [-0.05, 0) is 37.8 Å². The number of carbonyl (C=O) groups is 1. The fourth-order valence-electron chi connectivity index (χ4n) is 3.12. The smallest absolute Gasteiger partial charge is 0.242 e. The van der Waals surface area contributed by atoms with Crippen LogP contribution < -0.4 is 11.5 Å². The average molecular weight is 275 g/mol. The molecule has 4 heteroatoms. The Kier molecular flexibility index (Phi) is 4.78. The lowest BCUT2D eigenvalue weighted by Gasteiger charge is -2.31. The first-order chi connectivity index (χ1) is 9.58. The Hall–Kier alpha value is -1.39. The van der Waals surface area contributed by atoms with E-state index in [0.717, 1.165) is 25.1 Å². The summed E-state index contributed by atoms with van der Waals surface area (Å²) >= 11 is 0. The second-order valence-corrected chi connectivity index (χ2v) is 5.69. The second kappa shape index (κ2) is 6.37. The number of rotatable bonds is 6. The van der Waals surface area contributed by atoms with E-state index in [-0.39, 0.29) is 0 Å². The van der Waals surface area contributed by atoms with E-state index in [9.17, 15) is 4.79 Å². The molecule has 0 saturated carbocycles. The van der Waals surface area contributed by atoms with Crippen LogP contribution in [0.1, 0.15) is 38.2 Å². The number of primary amides is 1. The molecule has 1 aliphatic heterocycles. The summed E-state index contributed by atoms with van der Waals surface area (Å²) in [5, 5.41) is 0. The lowest BCUT2D eigenvalue weighted by Crippen LogP contribution is -2.51. The fraction of sp³-hybridized carbons (Fsp3) is 0.562. The van der Waals surface area contributed by atoms with Gasteiger partial charge < -0.3 is 16.4 Å². The van der Waals surface area contributed by atoms with Gasteiger partial charge in [-0.15, -0.1) is 0 Å². The predicted octanol–water partition coefficient (Wildman–Crippen LogP) is 1.59. The molecule has 0 radical (unpaired) electrons. The largest absolute Gasteiger partial charge is 0.368 e. The highest BCUT2D eigenvalue weighted by Crippen LogP contribution is 2.26. The van der Waals surface area contributed by atoms with Gasteiger partial charge >= 0.3 is 0 Å². The van der Waals surface area contributed by atoms with Crippen LogP contribution in [0.3, 0.4) is 0 Å². The molecule has 2 atom stereocenters. The van der Waals surface area contributed by atoms with Gasteiger partial charge in [-0.1, -0.05) is 37.3 Å². The molecule has 4 N–H and O–H groups in total. The van der Waals surface area contributed by atoms with Gasteiger partial charge in [-0.2, -0.15) is 0 Å². The number of hydrogen-bond donors (Lipinski definition) is 2. The van der Waals surface area contributed by atoms with Crippen LogP contribution in [-0.2, 0) is 10.3 Å². The van der Waals surface area contributed by atoms with Gasteiger partial charge in [0.25, 0.3) is 0 Å². The minimum atomic E-state index is -1.07. The van der Waals surface area contributed by atoms with E-state index in [1.807, 2.05) is 30.3 Å². The molecule has 0 aromatic heterocycles. The second-order valence-electron chi connectivity index (χ2n) is 5.69. The Morgan fingerprint density at radius 3 is 2.70 bits per heavy atom. The highest BCUT2D eigenvalue weighted by Gasteiger charge is 2.35. The molecule has 20 heavy (non-hydrogen) atoms. The molecule has 2 unspecified atom stereocenters. The Morgan fingerprint density at radius 1 is 1.40 bits per heavy atom. The molecule has 1 aromatic carbocycles. The Bertz CT molecular complexity index is 448. The van der Waals surface area contributed by atoms with Crippen LogP contribution in [0.15, 0.2) is 30.3 Å². The van der Waals surface area contributed by atoms with Crippen LogP contribution in [0.2, 0.25) is 0 Å². The average Bonchev–Trinajstić information content (AvgIpc) is 2.93. The third kappa shape index (κ3) is 3.02. The van der Waals surface area contributed by atoms with Crippen LogP contribution in [0, 0.1) is 0 Å². The first kappa shape index (κ1) is 15.0. The molecule has 0 bridgehead atoms. The molecule has 1 aromatic rings. The van der Waals surface area contributed by atoms with Crippen molar-refractivity contribution in [1.29, 1.82) is 0 Å². The summed E-state index contributed by atoms with van der Waals surface area (Å²) in [6.45, 7) is 4.14. The minimum Gasteiger partial charge on any atom is -0.368 e. The molecule has 4 nitrogen and oxygen atoms in total. The Labute approximate surface area is 121 Å². The van der Waals surface area contributed by atoms with Gasteiger partial charge in [0, 0.05) is 12.6 Å². The maximum atomic E-state index is 11.9. The topological polar surface area (TPSA) is 72.3 Å². The molecular weight excluding hydrogens is 250 g/mol. The van der Waals surface area contributed by atoms with Crippen molar-refractivity contribution in [3.8, 4) is 0 Å². The van der Waals surface area contributed by atoms with Gasteiger partial charge in [0.1, 0.15) is 5.54 Å². The third-order valence-corrected chi connectivity index (χ3v) is 4.49. The number of nitrogens with two attached hydrogens (primary N) is 2. The normalized spacial score (nSPS) is 22.6. The number of likely N-dealkylation sites (tertiary alicyclic amines) is 1. The molecule has 1 amide bonds. The van der Waals surface area contributed by atoms with E-state index < -0.39 is 11.4 Å². The molecule has 1 saturated heterocycles. The van der Waals surface area contributed by atoms with E-state index >= 15 is 0 Å². The van der Waals surface area contributed by atoms with Crippen molar-refractivity contribution in [3.63, 3.8) is 0 Å². The lowest BCUT2D eigenvalue weighted by atomic mass is 9.86. The van der Waals surface area contributed by atoms with Gasteiger partial charge in [0.15, 0.2) is 0 Å². The molecule has 0 aliphatic carbocycles. The van der Waals surface area contributed by atoms with Crippen molar-refractivity contribution in [3.05, 3.63) is 35.9 Å². The lowest BCUT2D eigenvalue weighted by molar-refractivity contribution is -0.123. The van der Waals surface area contributed by atoms with Gasteiger partial charge in [0.05, 0.1) is 0 Å². The summed E-state index contributed by atoms with van der Waals surface area (Å²) in [7, 11) is 0. The van der Waals surface area contributed by atoms with Crippen LogP contribution in [0.5, 0.6) is 0 Å². The van der Waals surface area contributed by atoms with Crippen LogP contribution in [-0.4, -0.2) is 29.9 Å². The summed E-state index contributed by atoms with van der Waals surface area (Å²) in [5.74, 6) is -0.448. The summed E-state index contributed by atoms with van der Waals surface area (Å²) < 4.78 is 0. The maximum absolute atomic E-state index is 11.9. The molecular formula is C16H25N3O. The minimum absolute atomic E-state index is 0.448. The standard InChI is InChI=1S/C16H25N3O/c1-2-14-9-6-11-19(14)12-10-16(18,15(17)20)13-7-4-3-5-8-13/h3-5,7-8,14H,2,6,9-12,18H2,1H3,(H2,17,20). The quantitative estimate of drug-likeness (QED) is 0.828. The van der Waals surface area contributed by atoms with E-state index in [2.05, 4.69) is 11.8 Å². The summed E-state index contributed by atoms with van der Waals surface area (Å²) in [5.41, 5.74) is 11.6. The first-order valence-electron chi connectivity index (χ1n) is 7.46. The molecule has 1 heterocycles. The van der Waals surface area contributed by atoms with E-state index in [0.29, 0.717) is 12.5 Å². The van der Waals surface area contributed by atoms with Crippen LogP contribution in [0.4, 0.5) is 0 Å². The van der Waals surface area contributed by atoms with Crippen molar-refractivity contribution in [1.82, 2.24) is 4.90 Å². The Morgan fingerprint density at radius 2 is 2.10 bits per heavy atom. The SMILES string of the molecule is CCC1CCCN1CCC(N)(C(N)=O)c1ccccc1. The zero-order chi connectivity index (χ0) is 14.6. The summed E-state index contributed by atoms with van der Waals surface area (Å²) in [4.78, 5) is 14.3. The first-order valence-corrected chi connectivity index (χ1v) is 7.46.